The minimum Gasteiger partial charge on any atom is -0.484 e. The first-order chi connectivity index (χ1) is 16.9. The number of hydrogen-bond donors (Lipinski definition) is 3. The number of halogens is 1. The van der Waals surface area contributed by atoms with Gasteiger partial charge < -0.3 is 15.4 Å². The number of hydrazone groups is 1. The molecule has 0 heterocycles. The molecule has 3 N–H and O–H groups in total. The average Bonchev–Trinajstić information content (AvgIpc) is 2.86. The molecule has 0 atom stereocenters. The van der Waals surface area contributed by atoms with Crippen LogP contribution in [-0.2, 0) is 20.8 Å². The maximum Gasteiger partial charge on any atom is 0.329 e. The van der Waals surface area contributed by atoms with Crippen molar-refractivity contribution in [2.24, 2.45) is 5.10 Å². The lowest BCUT2D eigenvalue weighted by Gasteiger charge is -2.10. The van der Waals surface area contributed by atoms with Crippen LogP contribution in [0.4, 0.5) is 11.4 Å². The summed E-state index contributed by atoms with van der Waals surface area (Å²) < 4.78 is 5.50. The highest BCUT2D eigenvalue weighted by Gasteiger charge is 2.12. The summed E-state index contributed by atoms with van der Waals surface area (Å²) in [6.45, 7) is 3.67. The number of anilines is 2. The van der Waals surface area contributed by atoms with Crippen molar-refractivity contribution in [1.29, 1.82) is 0 Å². The Bertz CT molecular complexity index is 1230. The molecule has 35 heavy (non-hydrogen) atoms. The number of amides is 3. The maximum atomic E-state index is 12.1. The highest BCUT2D eigenvalue weighted by molar-refractivity contribution is 6.39. The topological polar surface area (TPSA) is 109 Å². The van der Waals surface area contributed by atoms with E-state index in [4.69, 9.17) is 16.3 Å². The van der Waals surface area contributed by atoms with Gasteiger partial charge in [0, 0.05) is 16.4 Å². The van der Waals surface area contributed by atoms with E-state index in [1.54, 1.807) is 54.6 Å². The van der Waals surface area contributed by atoms with E-state index in [2.05, 4.69) is 21.2 Å². The second-order valence-electron chi connectivity index (χ2n) is 7.52. The molecule has 8 nitrogen and oxygen atoms in total. The lowest BCUT2D eigenvalue weighted by atomic mass is 10.1. The highest BCUT2D eigenvalue weighted by atomic mass is 35.5. The molecular formula is C26H25ClN4O4. The van der Waals surface area contributed by atoms with Gasteiger partial charge in [-0.1, -0.05) is 36.7 Å². The molecule has 0 radical (unpaired) electrons. The van der Waals surface area contributed by atoms with Crippen LogP contribution in [0.15, 0.2) is 71.8 Å². The molecule has 0 aromatic heterocycles. The zero-order valence-electron chi connectivity index (χ0n) is 19.3. The molecule has 3 aromatic rings. The zero-order valence-corrected chi connectivity index (χ0v) is 20.1. The fraction of sp³-hybridized carbons (Fsp3) is 0.154. The lowest BCUT2D eigenvalue weighted by Crippen LogP contribution is -2.32. The Hall–Kier alpha value is -4.17. The van der Waals surface area contributed by atoms with Gasteiger partial charge >= 0.3 is 11.8 Å². The van der Waals surface area contributed by atoms with E-state index < -0.39 is 11.8 Å². The normalized spacial score (nSPS) is 10.6. The van der Waals surface area contributed by atoms with Gasteiger partial charge in [-0.3, -0.25) is 14.4 Å². The predicted octanol–water partition coefficient (Wildman–Crippen LogP) is 4.32. The van der Waals surface area contributed by atoms with Gasteiger partial charge in [-0.25, -0.2) is 5.43 Å². The fourth-order valence-electron chi connectivity index (χ4n) is 2.96. The summed E-state index contributed by atoms with van der Waals surface area (Å²) in [5.41, 5.74) is 5.91. The molecule has 180 valence electrons. The number of carbonyl (C=O) groups is 3. The number of rotatable bonds is 8. The number of benzene rings is 3. The van der Waals surface area contributed by atoms with Gasteiger partial charge in [-0.05, 0) is 78.6 Å². The number of nitrogens with zero attached hydrogens (tertiary/aromatic N) is 1. The Labute approximate surface area is 208 Å². The molecule has 0 bridgehead atoms. The zero-order chi connectivity index (χ0) is 25.2. The molecule has 0 unspecified atom stereocenters. The first kappa shape index (κ1) is 25.5. The van der Waals surface area contributed by atoms with Gasteiger partial charge in [0.15, 0.2) is 6.61 Å². The van der Waals surface area contributed by atoms with E-state index in [0.29, 0.717) is 27.7 Å². The molecule has 0 aliphatic rings. The summed E-state index contributed by atoms with van der Waals surface area (Å²) in [5.74, 6) is -1.54. The molecule has 3 aromatic carbocycles. The van der Waals surface area contributed by atoms with Crippen LogP contribution in [-0.4, -0.2) is 30.5 Å². The van der Waals surface area contributed by atoms with Crippen LogP contribution in [0.2, 0.25) is 5.02 Å². The number of aryl methyl sites for hydroxylation is 1. The summed E-state index contributed by atoms with van der Waals surface area (Å²) in [6.07, 6.45) is 2.27. The Balaban J connectivity index is 1.43. The summed E-state index contributed by atoms with van der Waals surface area (Å²) in [4.78, 5) is 36.1. The molecule has 3 rings (SSSR count). The molecule has 3 amide bonds. The largest absolute Gasteiger partial charge is 0.484 e. The molecule has 0 fully saturated rings. The third-order valence-electron chi connectivity index (χ3n) is 5.00. The maximum absolute atomic E-state index is 12.1. The molecular weight excluding hydrogens is 468 g/mol. The van der Waals surface area contributed by atoms with Crippen LogP contribution in [0.3, 0.4) is 0 Å². The Kier molecular flexibility index (Phi) is 8.97. The smallest absolute Gasteiger partial charge is 0.329 e. The third-order valence-corrected chi connectivity index (χ3v) is 5.41. The van der Waals surface area contributed by atoms with Crippen molar-refractivity contribution in [3.63, 3.8) is 0 Å². The quantitative estimate of drug-likeness (QED) is 0.247. The average molecular weight is 493 g/mol. The lowest BCUT2D eigenvalue weighted by molar-refractivity contribution is -0.136. The van der Waals surface area contributed by atoms with E-state index in [1.807, 2.05) is 26.0 Å². The Morgan fingerprint density at radius 2 is 1.66 bits per heavy atom. The van der Waals surface area contributed by atoms with Gasteiger partial charge in [0.05, 0.1) is 6.21 Å². The first-order valence-electron chi connectivity index (χ1n) is 10.9. The minimum atomic E-state index is -0.887. The van der Waals surface area contributed by atoms with Crippen molar-refractivity contribution in [3.8, 4) is 5.75 Å². The van der Waals surface area contributed by atoms with Crippen LogP contribution in [0.25, 0.3) is 0 Å². The number of nitrogens with one attached hydrogen (secondary N) is 3. The van der Waals surface area contributed by atoms with Crippen molar-refractivity contribution >= 4 is 46.9 Å². The van der Waals surface area contributed by atoms with Crippen LogP contribution in [0.5, 0.6) is 5.75 Å². The van der Waals surface area contributed by atoms with Crippen molar-refractivity contribution in [1.82, 2.24) is 5.43 Å². The molecule has 0 spiro atoms. The van der Waals surface area contributed by atoms with Crippen LogP contribution >= 0.6 is 11.6 Å². The minimum absolute atomic E-state index is 0.175. The standard InChI is InChI=1S/C26H25ClN4O4/c1-3-18-7-11-20(12-8-18)29-25(33)26(34)31-28-15-19-9-13-21(14-10-19)35-16-24(32)30-23-6-4-5-22(27)17(23)2/h4-15H,3,16H2,1-2H3,(H,29,33)(H,30,32)(H,31,34)/b28-15-. The van der Waals surface area contributed by atoms with Crippen molar-refractivity contribution in [3.05, 3.63) is 88.4 Å². The summed E-state index contributed by atoms with van der Waals surface area (Å²) in [6, 6.07) is 19.2. The molecule has 0 aliphatic heterocycles. The summed E-state index contributed by atoms with van der Waals surface area (Å²) in [5, 5.41) is 9.64. The van der Waals surface area contributed by atoms with E-state index in [0.717, 1.165) is 17.5 Å². The summed E-state index contributed by atoms with van der Waals surface area (Å²) >= 11 is 6.06. The molecule has 9 heteroatoms. The monoisotopic (exact) mass is 492 g/mol. The Morgan fingerprint density at radius 3 is 2.34 bits per heavy atom. The van der Waals surface area contributed by atoms with Gasteiger partial charge in [-0.15, -0.1) is 0 Å². The molecule has 0 saturated heterocycles. The van der Waals surface area contributed by atoms with Crippen LogP contribution in [0, 0.1) is 6.92 Å². The van der Waals surface area contributed by atoms with Crippen molar-refractivity contribution in [2.45, 2.75) is 20.3 Å². The first-order valence-corrected chi connectivity index (χ1v) is 11.2. The van der Waals surface area contributed by atoms with E-state index in [-0.39, 0.29) is 12.5 Å². The summed E-state index contributed by atoms with van der Waals surface area (Å²) in [7, 11) is 0. The van der Waals surface area contributed by atoms with Crippen LogP contribution in [0.1, 0.15) is 23.6 Å². The molecule has 0 saturated carbocycles. The van der Waals surface area contributed by atoms with Gasteiger partial charge in [0.1, 0.15) is 5.75 Å². The van der Waals surface area contributed by atoms with Crippen LogP contribution < -0.4 is 20.8 Å². The van der Waals surface area contributed by atoms with Gasteiger partial charge in [0.25, 0.3) is 5.91 Å². The number of ether oxygens (including phenoxy) is 1. The van der Waals surface area contributed by atoms with E-state index in [9.17, 15) is 14.4 Å². The van der Waals surface area contributed by atoms with Crippen molar-refractivity contribution < 1.29 is 19.1 Å². The van der Waals surface area contributed by atoms with E-state index >= 15 is 0 Å². The van der Waals surface area contributed by atoms with Gasteiger partial charge in [0.2, 0.25) is 0 Å². The van der Waals surface area contributed by atoms with Gasteiger partial charge in [-0.2, -0.15) is 5.10 Å². The second kappa shape index (κ2) is 12.3. The predicted molar refractivity (Wildman–Crippen MR) is 137 cm³/mol. The number of hydrogen-bond acceptors (Lipinski definition) is 5. The van der Waals surface area contributed by atoms with Crippen molar-refractivity contribution in [2.75, 3.05) is 17.2 Å². The SMILES string of the molecule is CCc1ccc(NC(=O)C(=O)N/N=C\c2ccc(OCC(=O)Nc3cccc(Cl)c3C)cc2)cc1. The Morgan fingerprint density at radius 1 is 0.943 bits per heavy atom. The highest BCUT2D eigenvalue weighted by Crippen LogP contribution is 2.23. The molecule has 0 aliphatic carbocycles. The second-order valence-corrected chi connectivity index (χ2v) is 7.93. The number of carbonyl (C=O) groups excluding carboxylic acids is 3. The third kappa shape index (κ3) is 7.68. The fourth-order valence-corrected chi connectivity index (χ4v) is 3.13. The van der Waals surface area contributed by atoms with E-state index in [1.165, 1.54) is 6.21 Å².